The molecule has 0 aliphatic carbocycles. The van der Waals surface area contributed by atoms with E-state index in [9.17, 15) is 10.1 Å². The number of thiazole rings is 1. The summed E-state index contributed by atoms with van der Waals surface area (Å²) in [7, 11) is 0. The fraction of sp³-hybridized carbons (Fsp3) is 0.158. The highest BCUT2D eigenvalue weighted by Gasteiger charge is 2.22. The number of aromatic nitrogens is 1. The van der Waals surface area contributed by atoms with Crippen LogP contribution in [-0.4, -0.2) is 9.91 Å². The van der Waals surface area contributed by atoms with Gasteiger partial charge in [-0.25, -0.2) is 0 Å². The quantitative estimate of drug-likeness (QED) is 0.307. The number of nitro groups is 1. The van der Waals surface area contributed by atoms with Crippen molar-refractivity contribution in [2.24, 2.45) is 0 Å². The number of benzene rings is 2. The number of anilines is 1. The highest BCUT2D eigenvalue weighted by Crippen LogP contribution is 2.18. The number of hydrogen-bond donors (Lipinski definition) is 1. The molecule has 1 heterocycles. The van der Waals surface area contributed by atoms with E-state index in [4.69, 9.17) is 12.2 Å². The van der Waals surface area contributed by atoms with Gasteiger partial charge in [-0.05, 0) is 19.1 Å². The average molecular weight is 385 g/mol. The fourth-order valence-corrected chi connectivity index (χ4v) is 3.80. The van der Waals surface area contributed by atoms with Crippen LogP contribution in [0.1, 0.15) is 21.8 Å². The number of rotatable bonds is 5. The molecule has 0 aliphatic rings. The number of aryl methyl sites for hydroxylation is 2. The molecule has 0 spiro atoms. The van der Waals surface area contributed by atoms with Gasteiger partial charge in [0.15, 0.2) is 17.2 Å². The molecular weight excluding hydrogens is 366 g/mol. The Labute approximate surface area is 161 Å². The topological polar surface area (TPSA) is 59.0 Å². The SMILES string of the molecule is Cc1ccc(C[n+]2c(C)csc2C(=S)Nc2ccc([N+](=O)[O-])cc2)cc1. The zero-order valence-electron chi connectivity index (χ0n) is 14.4. The van der Waals surface area contributed by atoms with Crippen LogP contribution >= 0.6 is 23.6 Å². The molecule has 2 aromatic carbocycles. The normalized spacial score (nSPS) is 10.5. The summed E-state index contributed by atoms with van der Waals surface area (Å²) in [5.41, 5.74) is 4.37. The van der Waals surface area contributed by atoms with Crippen molar-refractivity contribution < 1.29 is 9.49 Å². The molecule has 0 unspecified atom stereocenters. The van der Waals surface area contributed by atoms with E-state index >= 15 is 0 Å². The Bertz CT molecular complexity index is 948. The molecule has 1 aromatic heterocycles. The van der Waals surface area contributed by atoms with Crippen LogP contribution < -0.4 is 9.88 Å². The Hall–Kier alpha value is -2.64. The summed E-state index contributed by atoms with van der Waals surface area (Å²) >= 11 is 7.15. The smallest absolute Gasteiger partial charge is 0.297 e. The van der Waals surface area contributed by atoms with E-state index < -0.39 is 4.92 Å². The zero-order chi connectivity index (χ0) is 18.7. The van der Waals surface area contributed by atoms with Crippen molar-refractivity contribution in [2.75, 3.05) is 5.32 Å². The first-order valence-electron chi connectivity index (χ1n) is 8.03. The van der Waals surface area contributed by atoms with E-state index in [-0.39, 0.29) is 5.69 Å². The summed E-state index contributed by atoms with van der Waals surface area (Å²) in [4.78, 5) is 10.9. The predicted molar refractivity (Wildman–Crippen MR) is 108 cm³/mol. The lowest BCUT2D eigenvalue weighted by molar-refractivity contribution is -0.690. The van der Waals surface area contributed by atoms with E-state index in [1.807, 2.05) is 0 Å². The van der Waals surface area contributed by atoms with Crippen LogP contribution in [0.2, 0.25) is 0 Å². The zero-order valence-corrected chi connectivity index (χ0v) is 16.1. The van der Waals surface area contributed by atoms with E-state index in [1.54, 1.807) is 23.5 Å². The monoisotopic (exact) mass is 384 g/mol. The third-order valence-corrected chi connectivity index (χ3v) is 5.53. The van der Waals surface area contributed by atoms with Crippen molar-refractivity contribution in [3.8, 4) is 0 Å². The van der Waals surface area contributed by atoms with E-state index in [1.165, 1.54) is 23.3 Å². The number of hydrogen-bond acceptors (Lipinski definition) is 4. The molecule has 3 aromatic rings. The van der Waals surface area contributed by atoms with Crippen LogP contribution in [0.4, 0.5) is 11.4 Å². The van der Waals surface area contributed by atoms with Gasteiger partial charge in [0.1, 0.15) is 0 Å². The van der Waals surface area contributed by atoms with Crippen LogP contribution in [0.15, 0.2) is 53.9 Å². The van der Waals surface area contributed by atoms with Gasteiger partial charge in [0.2, 0.25) is 0 Å². The molecule has 132 valence electrons. The second-order valence-electron chi connectivity index (χ2n) is 6.01. The molecule has 0 saturated carbocycles. The molecule has 5 nitrogen and oxygen atoms in total. The van der Waals surface area contributed by atoms with Crippen molar-refractivity contribution in [1.82, 2.24) is 0 Å². The Kier molecular flexibility index (Phi) is 5.39. The van der Waals surface area contributed by atoms with Crippen LogP contribution in [0.25, 0.3) is 0 Å². The van der Waals surface area contributed by atoms with Crippen molar-refractivity contribution in [3.05, 3.63) is 85.9 Å². The maximum Gasteiger partial charge on any atom is 0.297 e. The van der Waals surface area contributed by atoms with Gasteiger partial charge >= 0.3 is 0 Å². The van der Waals surface area contributed by atoms with Gasteiger partial charge in [-0.1, -0.05) is 53.4 Å². The van der Waals surface area contributed by atoms with Gasteiger partial charge in [-0.2, -0.15) is 4.57 Å². The van der Waals surface area contributed by atoms with Crippen molar-refractivity contribution in [3.63, 3.8) is 0 Å². The van der Waals surface area contributed by atoms with Gasteiger partial charge in [-0.15, -0.1) is 0 Å². The number of non-ortho nitro benzene ring substituents is 1. The average Bonchev–Trinajstić information content (AvgIpc) is 2.98. The predicted octanol–water partition coefficient (Wildman–Crippen LogP) is 4.40. The van der Waals surface area contributed by atoms with E-state index in [2.05, 4.69) is 53.4 Å². The molecule has 7 heteroatoms. The second kappa shape index (κ2) is 7.72. The molecule has 0 fully saturated rings. The minimum absolute atomic E-state index is 0.0582. The summed E-state index contributed by atoms with van der Waals surface area (Å²) in [6.07, 6.45) is 0. The number of nitro benzene ring substituents is 1. The van der Waals surface area contributed by atoms with Gasteiger partial charge in [0, 0.05) is 30.3 Å². The maximum atomic E-state index is 10.8. The molecule has 0 saturated heterocycles. The van der Waals surface area contributed by atoms with Gasteiger partial charge in [0.05, 0.1) is 10.3 Å². The summed E-state index contributed by atoms with van der Waals surface area (Å²) in [6, 6.07) is 14.7. The van der Waals surface area contributed by atoms with Crippen LogP contribution in [0.3, 0.4) is 0 Å². The lowest BCUT2D eigenvalue weighted by Crippen LogP contribution is -2.41. The third kappa shape index (κ3) is 4.12. The molecule has 0 aliphatic heterocycles. The molecule has 0 atom stereocenters. The van der Waals surface area contributed by atoms with Gasteiger partial charge in [0.25, 0.3) is 10.7 Å². The highest BCUT2D eigenvalue weighted by molar-refractivity contribution is 7.81. The Balaban J connectivity index is 1.79. The number of nitrogens with zero attached hydrogens (tertiary/aromatic N) is 2. The summed E-state index contributed by atoms with van der Waals surface area (Å²) < 4.78 is 2.18. The maximum absolute atomic E-state index is 10.8. The fourth-order valence-electron chi connectivity index (χ4n) is 2.53. The Morgan fingerprint density at radius 3 is 2.42 bits per heavy atom. The first-order chi connectivity index (χ1) is 12.4. The van der Waals surface area contributed by atoms with Crippen molar-refractivity contribution in [1.29, 1.82) is 0 Å². The van der Waals surface area contributed by atoms with E-state index in [0.717, 1.165) is 22.9 Å². The van der Waals surface area contributed by atoms with Gasteiger partial charge < -0.3 is 5.32 Å². The minimum Gasteiger partial charge on any atom is -0.340 e. The minimum atomic E-state index is -0.416. The first kappa shape index (κ1) is 18.2. The van der Waals surface area contributed by atoms with Crippen molar-refractivity contribution in [2.45, 2.75) is 20.4 Å². The highest BCUT2D eigenvalue weighted by atomic mass is 32.1. The molecule has 0 bridgehead atoms. The molecular formula is C19H18N3O2S2+. The van der Waals surface area contributed by atoms with E-state index in [0.29, 0.717) is 4.99 Å². The Morgan fingerprint density at radius 1 is 1.15 bits per heavy atom. The summed E-state index contributed by atoms with van der Waals surface area (Å²) in [6.45, 7) is 4.87. The van der Waals surface area contributed by atoms with Crippen LogP contribution in [-0.2, 0) is 6.54 Å². The standard InChI is InChI=1S/C19H17N3O2S2/c1-13-3-5-15(6-4-13)11-21-14(2)12-26-19(21)18(25)20-16-7-9-17(10-8-16)22(23)24/h3-10,12H,11H2,1-2H3/p+1. The second-order valence-corrected chi connectivity index (χ2v) is 7.28. The lowest BCUT2D eigenvalue weighted by Gasteiger charge is -2.06. The first-order valence-corrected chi connectivity index (χ1v) is 9.32. The van der Waals surface area contributed by atoms with Crippen molar-refractivity contribution >= 4 is 39.9 Å². The van der Waals surface area contributed by atoms with Gasteiger partial charge in [-0.3, -0.25) is 10.1 Å². The number of thiocarbonyl (C=S) groups is 1. The number of nitrogens with one attached hydrogen (secondary N) is 1. The molecule has 0 radical (unpaired) electrons. The molecule has 26 heavy (non-hydrogen) atoms. The summed E-state index contributed by atoms with van der Waals surface area (Å²) in [5.74, 6) is 0. The summed E-state index contributed by atoms with van der Waals surface area (Å²) in [5, 5.41) is 17.0. The van der Waals surface area contributed by atoms with Crippen LogP contribution in [0, 0.1) is 24.0 Å². The van der Waals surface area contributed by atoms with Crippen LogP contribution in [0.5, 0.6) is 0 Å². The Morgan fingerprint density at radius 2 is 1.81 bits per heavy atom. The molecule has 3 rings (SSSR count). The molecule has 1 N–H and O–H groups in total. The molecule has 0 amide bonds. The lowest BCUT2D eigenvalue weighted by atomic mass is 10.1. The largest absolute Gasteiger partial charge is 0.340 e. The third-order valence-electron chi connectivity index (χ3n) is 4.00.